The first-order valence-corrected chi connectivity index (χ1v) is 3.38. The molecule has 1 radical (unpaired) electrons. The van der Waals surface area contributed by atoms with Gasteiger partial charge in [-0.05, 0) is 0 Å². The molecule has 0 saturated heterocycles. The first-order valence-electron chi connectivity index (χ1n) is 3.38. The standard InChI is InChI=1S/C7H8N3/c1-2-8-3-6-4-9-5-10-7(1)6/h4,8H,1-3H2. The number of hydrogen-bond donors (Lipinski definition) is 1. The molecule has 10 heavy (non-hydrogen) atoms. The summed E-state index contributed by atoms with van der Waals surface area (Å²) in [5.74, 6) is 0. The fourth-order valence-electron chi connectivity index (χ4n) is 1.14. The second-order valence-corrected chi connectivity index (χ2v) is 2.37. The molecular weight excluding hydrogens is 126 g/mol. The fourth-order valence-corrected chi connectivity index (χ4v) is 1.14. The average molecular weight is 134 g/mol. The maximum atomic E-state index is 4.04. The SMILES string of the molecule is [c]1ncc2c(n1)CCNC2. The predicted molar refractivity (Wildman–Crippen MR) is 36.3 cm³/mol. The number of rotatable bonds is 0. The summed E-state index contributed by atoms with van der Waals surface area (Å²) in [5.41, 5.74) is 2.36. The van der Waals surface area contributed by atoms with Crippen molar-refractivity contribution in [2.45, 2.75) is 13.0 Å². The van der Waals surface area contributed by atoms with Gasteiger partial charge in [-0.2, -0.15) is 0 Å². The Labute approximate surface area is 59.5 Å². The number of fused-ring (bicyclic) bond motifs is 1. The van der Waals surface area contributed by atoms with Crippen LogP contribution in [0.15, 0.2) is 6.20 Å². The minimum atomic E-state index is 0.907. The van der Waals surface area contributed by atoms with E-state index in [-0.39, 0.29) is 0 Å². The van der Waals surface area contributed by atoms with Crippen molar-refractivity contribution in [2.24, 2.45) is 0 Å². The minimum absolute atomic E-state index is 0.907. The van der Waals surface area contributed by atoms with Crippen molar-refractivity contribution < 1.29 is 0 Å². The van der Waals surface area contributed by atoms with Gasteiger partial charge in [-0.3, -0.25) is 0 Å². The van der Waals surface area contributed by atoms with E-state index in [1.54, 1.807) is 0 Å². The third kappa shape index (κ3) is 0.885. The molecule has 1 aromatic rings. The molecule has 0 saturated carbocycles. The van der Waals surface area contributed by atoms with Gasteiger partial charge in [0.05, 0.1) is 5.69 Å². The van der Waals surface area contributed by atoms with Crippen molar-refractivity contribution in [2.75, 3.05) is 6.54 Å². The molecule has 0 bridgehead atoms. The molecule has 0 aromatic carbocycles. The molecule has 51 valence electrons. The molecule has 3 nitrogen and oxygen atoms in total. The van der Waals surface area contributed by atoms with Crippen molar-refractivity contribution in [3.05, 3.63) is 23.8 Å². The second-order valence-electron chi connectivity index (χ2n) is 2.37. The zero-order valence-electron chi connectivity index (χ0n) is 5.59. The van der Waals surface area contributed by atoms with Crippen LogP contribution in [0.3, 0.4) is 0 Å². The smallest absolute Gasteiger partial charge is 0.197 e. The molecular formula is C7H8N3. The molecule has 0 atom stereocenters. The molecule has 0 unspecified atom stereocenters. The Hall–Kier alpha value is -0.960. The number of aromatic nitrogens is 2. The van der Waals surface area contributed by atoms with Gasteiger partial charge >= 0.3 is 0 Å². The summed E-state index contributed by atoms with van der Waals surface area (Å²) >= 11 is 0. The Morgan fingerprint density at radius 2 is 2.60 bits per heavy atom. The zero-order chi connectivity index (χ0) is 6.81. The van der Waals surface area contributed by atoms with E-state index in [0.29, 0.717) is 0 Å². The summed E-state index contributed by atoms with van der Waals surface area (Å²) in [7, 11) is 0. The van der Waals surface area contributed by atoms with Gasteiger partial charge in [-0.1, -0.05) is 0 Å². The number of hydrogen-bond acceptors (Lipinski definition) is 3. The van der Waals surface area contributed by atoms with E-state index in [4.69, 9.17) is 0 Å². The second kappa shape index (κ2) is 2.34. The van der Waals surface area contributed by atoms with Crippen LogP contribution in [0.2, 0.25) is 0 Å². The van der Waals surface area contributed by atoms with Crippen molar-refractivity contribution >= 4 is 0 Å². The third-order valence-electron chi connectivity index (χ3n) is 1.69. The molecule has 0 fully saturated rings. The molecule has 1 aromatic heterocycles. The van der Waals surface area contributed by atoms with Crippen LogP contribution in [-0.4, -0.2) is 16.5 Å². The van der Waals surface area contributed by atoms with Crippen LogP contribution in [-0.2, 0) is 13.0 Å². The van der Waals surface area contributed by atoms with E-state index in [1.165, 1.54) is 5.56 Å². The number of nitrogens with one attached hydrogen (secondary N) is 1. The van der Waals surface area contributed by atoms with Crippen LogP contribution < -0.4 is 5.32 Å². The van der Waals surface area contributed by atoms with Crippen LogP contribution in [0.25, 0.3) is 0 Å². The van der Waals surface area contributed by atoms with E-state index in [1.807, 2.05) is 6.20 Å². The van der Waals surface area contributed by atoms with Crippen molar-refractivity contribution in [1.29, 1.82) is 0 Å². The Morgan fingerprint density at radius 3 is 3.50 bits per heavy atom. The molecule has 3 heteroatoms. The quantitative estimate of drug-likeness (QED) is 0.539. The number of nitrogens with zero attached hydrogens (tertiary/aromatic N) is 2. The summed E-state index contributed by atoms with van der Waals surface area (Å²) in [5, 5.41) is 3.25. The lowest BCUT2D eigenvalue weighted by atomic mass is 10.1. The Kier molecular flexibility index (Phi) is 1.36. The maximum Gasteiger partial charge on any atom is 0.197 e. The molecule has 0 aliphatic carbocycles. The largest absolute Gasteiger partial charge is 0.312 e. The lowest BCUT2D eigenvalue weighted by Gasteiger charge is -2.13. The highest BCUT2D eigenvalue weighted by Gasteiger charge is 2.07. The van der Waals surface area contributed by atoms with E-state index < -0.39 is 0 Å². The average Bonchev–Trinajstić information content (AvgIpc) is 2.05. The summed E-state index contributed by atoms with van der Waals surface area (Å²) in [4.78, 5) is 7.87. The Morgan fingerprint density at radius 1 is 1.60 bits per heavy atom. The molecule has 0 amide bonds. The molecule has 2 rings (SSSR count). The lowest BCUT2D eigenvalue weighted by Crippen LogP contribution is -2.24. The van der Waals surface area contributed by atoms with E-state index in [9.17, 15) is 0 Å². The van der Waals surface area contributed by atoms with E-state index >= 15 is 0 Å². The van der Waals surface area contributed by atoms with E-state index in [0.717, 1.165) is 25.2 Å². The maximum absolute atomic E-state index is 4.04. The van der Waals surface area contributed by atoms with Crippen molar-refractivity contribution in [1.82, 2.24) is 15.3 Å². The van der Waals surface area contributed by atoms with E-state index in [2.05, 4.69) is 21.6 Å². The molecule has 1 aliphatic heterocycles. The van der Waals surface area contributed by atoms with Gasteiger partial charge < -0.3 is 5.32 Å². The van der Waals surface area contributed by atoms with Gasteiger partial charge in [-0.25, -0.2) is 9.97 Å². The van der Waals surface area contributed by atoms with Gasteiger partial charge in [0, 0.05) is 31.3 Å². The van der Waals surface area contributed by atoms with Crippen LogP contribution in [0.5, 0.6) is 0 Å². The molecule has 0 spiro atoms. The first-order chi connectivity index (χ1) is 4.97. The minimum Gasteiger partial charge on any atom is -0.312 e. The third-order valence-corrected chi connectivity index (χ3v) is 1.69. The van der Waals surface area contributed by atoms with Gasteiger partial charge in [0.15, 0.2) is 6.33 Å². The summed E-state index contributed by atoms with van der Waals surface area (Å²) in [6, 6.07) is 0. The highest BCUT2D eigenvalue weighted by molar-refractivity contribution is 5.17. The molecule has 2 heterocycles. The summed E-state index contributed by atoms with van der Waals surface area (Å²) in [6.07, 6.45) is 5.43. The normalized spacial score (nSPS) is 16.4. The lowest BCUT2D eigenvalue weighted by molar-refractivity contribution is 0.625. The van der Waals surface area contributed by atoms with Gasteiger partial charge in [-0.15, -0.1) is 0 Å². The topological polar surface area (TPSA) is 37.8 Å². The van der Waals surface area contributed by atoms with Crippen LogP contribution in [0.1, 0.15) is 11.3 Å². The molecule has 1 N–H and O–H groups in total. The fraction of sp³-hybridized carbons (Fsp3) is 0.429. The van der Waals surface area contributed by atoms with Crippen LogP contribution in [0.4, 0.5) is 0 Å². The van der Waals surface area contributed by atoms with Gasteiger partial charge in [0.25, 0.3) is 0 Å². The van der Waals surface area contributed by atoms with Crippen LogP contribution >= 0.6 is 0 Å². The highest BCUT2D eigenvalue weighted by Crippen LogP contribution is 2.06. The van der Waals surface area contributed by atoms with Crippen molar-refractivity contribution in [3.8, 4) is 0 Å². The summed E-state index contributed by atoms with van der Waals surface area (Å²) in [6.45, 7) is 1.93. The highest BCUT2D eigenvalue weighted by atomic mass is 14.9. The predicted octanol–water partition coefficient (Wildman–Crippen LogP) is -0.0775. The molecule has 1 aliphatic rings. The van der Waals surface area contributed by atoms with Crippen LogP contribution in [0, 0.1) is 6.33 Å². The zero-order valence-corrected chi connectivity index (χ0v) is 5.59. The summed E-state index contributed by atoms with van der Waals surface area (Å²) < 4.78 is 0. The Balaban J connectivity index is 2.41. The first kappa shape index (κ1) is 5.80. The van der Waals surface area contributed by atoms with Gasteiger partial charge in [0.1, 0.15) is 0 Å². The monoisotopic (exact) mass is 134 g/mol. The van der Waals surface area contributed by atoms with Crippen molar-refractivity contribution in [3.63, 3.8) is 0 Å². The Bertz CT molecular complexity index is 209. The van der Waals surface area contributed by atoms with Gasteiger partial charge in [0.2, 0.25) is 0 Å².